The summed E-state index contributed by atoms with van der Waals surface area (Å²) < 4.78 is 22.8. The van der Waals surface area contributed by atoms with Crippen molar-refractivity contribution < 1.29 is 13.5 Å². The molecule has 3 N–H and O–H groups in total. The molecule has 1 aromatic rings. The van der Waals surface area contributed by atoms with E-state index in [2.05, 4.69) is 0 Å². The molecule has 1 unspecified atom stereocenters. The van der Waals surface area contributed by atoms with Gasteiger partial charge in [-0.3, -0.25) is 0 Å². The largest absolute Gasteiger partial charge is 0.397 e. The van der Waals surface area contributed by atoms with E-state index in [0.717, 1.165) is 6.26 Å². The topological polar surface area (TPSA) is 80.4 Å². The Hall–Kier alpha value is -0.720. The van der Waals surface area contributed by atoms with Gasteiger partial charge in [-0.25, -0.2) is 8.42 Å². The number of nitrogens with two attached hydrogens (primary N) is 1. The van der Waals surface area contributed by atoms with Gasteiger partial charge < -0.3 is 10.8 Å². The van der Waals surface area contributed by atoms with Crippen molar-refractivity contribution in [3.63, 3.8) is 0 Å². The van der Waals surface area contributed by atoms with E-state index in [-0.39, 0.29) is 22.4 Å². The number of hydrogen-bond acceptors (Lipinski definition) is 5. The number of aliphatic hydroxyl groups excluding tert-OH is 1. The molecule has 90 valence electrons. The first-order valence-corrected chi connectivity index (χ1v) is 7.49. The predicted molar refractivity (Wildman–Crippen MR) is 66.4 cm³/mol. The Morgan fingerprint density at radius 2 is 2.12 bits per heavy atom. The number of thioether (sulfide) groups is 1. The molecule has 1 rings (SSSR count). The number of benzene rings is 1. The van der Waals surface area contributed by atoms with Crippen molar-refractivity contribution >= 4 is 27.3 Å². The average Bonchev–Trinajstić information content (AvgIpc) is 2.19. The van der Waals surface area contributed by atoms with E-state index in [1.165, 1.54) is 17.8 Å². The maximum absolute atomic E-state index is 11.4. The summed E-state index contributed by atoms with van der Waals surface area (Å²) in [5.41, 5.74) is 6.05. The maximum Gasteiger partial charge on any atom is 0.177 e. The molecule has 4 nitrogen and oxygen atoms in total. The van der Waals surface area contributed by atoms with Gasteiger partial charge in [0.25, 0.3) is 0 Å². The molecule has 0 aliphatic carbocycles. The SMILES string of the molecule is CC(CO)Sc1cccc(S(C)(=O)=O)c1N. The maximum atomic E-state index is 11.4. The summed E-state index contributed by atoms with van der Waals surface area (Å²) in [6.07, 6.45) is 1.13. The second-order valence-corrected chi connectivity index (χ2v) is 7.02. The highest BCUT2D eigenvalue weighted by molar-refractivity contribution is 8.00. The van der Waals surface area contributed by atoms with Gasteiger partial charge in [-0.15, -0.1) is 11.8 Å². The molecule has 0 bridgehead atoms. The van der Waals surface area contributed by atoms with Crippen molar-refractivity contribution in [3.05, 3.63) is 18.2 Å². The zero-order valence-corrected chi connectivity index (χ0v) is 10.8. The highest BCUT2D eigenvalue weighted by Gasteiger charge is 2.15. The van der Waals surface area contributed by atoms with Crippen molar-refractivity contribution in [1.82, 2.24) is 0 Å². The fourth-order valence-corrected chi connectivity index (χ4v) is 3.01. The van der Waals surface area contributed by atoms with Gasteiger partial charge in [0.15, 0.2) is 9.84 Å². The van der Waals surface area contributed by atoms with Gasteiger partial charge >= 0.3 is 0 Å². The third kappa shape index (κ3) is 3.13. The van der Waals surface area contributed by atoms with E-state index in [0.29, 0.717) is 4.90 Å². The summed E-state index contributed by atoms with van der Waals surface area (Å²) in [5.74, 6) is 0. The van der Waals surface area contributed by atoms with Crippen molar-refractivity contribution in [2.45, 2.75) is 22.0 Å². The van der Waals surface area contributed by atoms with Gasteiger partial charge in [0, 0.05) is 16.4 Å². The Balaban J connectivity index is 3.15. The van der Waals surface area contributed by atoms with Crippen LogP contribution in [0.15, 0.2) is 28.0 Å². The third-order valence-corrected chi connectivity index (χ3v) is 4.33. The van der Waals surface area contributed by atoms with Crippen LogP contribution in [-0.2, 0) is 9.84 Å². The van der Waals surface area contributed by atoms with Gasteiger partial charge in [-0.2, -0.15) is 0 Å². The highest BCUT2D eigenvalue weighted by atomic mass is 32.2. The molecule has 0 radical (unpaired) electrons. The Labute approximate surface area is 99.8 Å². The molecule has 6 heteroatoms. The van der Waals surface area contributed by atoms with Crippen LogP contribution in [0.1, 0.15) is 6.92 Å². The standard InChI is InChI=1S/C10H15NO3S2/c1-7(6-12)15-8-4-3-5-9(10(8)11)16(2,13)14/h3-5,7,12H,6,11H2,1-2H3. The second kappa shape index (κ2) is 5.07. The van der Waals surface area contributed by atoms with Crippen LogP contribution in [0.4, 0.5) is 5.69 Å². The van der Waals surface area contributed by atoms with Crippen molar-refractivity contribution in [1.29, 1.82) is 0 Å². The number of sulfone groups is 1. The molecule has 1 atom stereocenters. The number of para-hydroxylation sites is 1. The van der Waals surface area contributed by atoms with E-state index in [4.69, 9.17) is 10.8 Å². The number of anilines is 1. The molecule has 0 fully saturated rings. The van der Waals surface area contributed by atoms with Crippen LogP contribution in [0.2, 0.25) is 0 Å². The zero-order chi connectivity index (χ0) is 12.3. The van der Waals surface area contributed by atoms with E-state index < -0.39 is 9.84 Å². The molecule has 0 saturated heterocycles. The van der Waals surface area contributed by atoms with E-state index in [1.54, 1.807) is 12.1 Å². The number of aliphatic hydroxyl groups is 1. The van der Waals surface area contributed by atoms with Crippen LogP contribution in [0.5, 0.6) is 0 Å². The summed E-state index contributed by atoms with van der Waals surface area (Å²) in [7, 11) is -3.30. The lowest BCUT2D eigenvalue weighted by Crippen LogP contribution is -2.06. The van der Waals surface area contributed by atoms with E-state index in [9.17, 15) is 8.42 Å². The molecular formula is C10H15NO3S2. The van der Waals surface area contributed by atoms with Crippen LogP contribution in [0.25, 0.3) is 0 Å². The lowest BCUT2D eigenvalue weighted by molar-refractivity contribution is 0.300. The summed E-state index contributed by atoms with van der Waals surface area (Å²) in [5, 5.41) is 8.92. The lowest BCUT2D eigenvalue weighted by Gasteiger charge is -2.12. The fourth-order valence-electron chi connectivity index (χ4n) is 1.20. The number of hydrogen-bond donors (Lipinski definition) is 2. The minimum atomic E-state index is -3.30. The number of rotatable bonds is 4. The van der Waals surface area contributed by atoms with Crippen molar-refractivity contribution in [3.8, 4) is 0 Å². The van der Waals surface area contributed by atoms with Crippen molar-refractivity contribution in [2.75, 3.05) is 18.6 Å². The molecule has 0 aromatic heterocycles. The molecule has 0 aliphatic rings. The van der Waals surface area contributed by atoms with Crippen molar-refractivity contribution in [2.24, 2.45) is 0 Å². The first-order valence-electron chi connectivity index (χ1n) is 4.72. The molecule has 0 heterocycles. The van der Waals surface area contributed by atoms with Gasteiger partial charge in [0.1, 0.15) is 0 Å². The van der Waals surface area contributed by atoms with Crippen LogP contribution in [-0.4, -0.2) is 31.6 Å². The number of nitrogen functional groups attached to an aromatic ring is 1. The summed E-state index contributed by atoms with van der Waals surface area (Å²) in [6.45, 7) is 1.87. The summed E-state index contributed by atoms with van der Waals surface area (Å²) in [4.78, 5) is 0.826. The fraction of sp³-hybridized carbons (Fsp3) is 0.400. The average molecular weight is 261 g/mol. The minimum Gasteiger partial charge on any atom is -0.397 e. The van der Waals surface area contributed by atoms with Gasteiger partial charge in [-0.05, 0) is 12.1 Å². The summed E-state index contributed by atoms with van der Waals surface area (Å²) >= 11 is 1.36. The lowest BCUT2D eigenvalue weighted by atomic mass is 10.3. The first kappa shape index (κ1) is 13.3. The van der Waals surface area contributed by atoms with E-state index >= 15 is 0 Å². The Kier molecular flexibility index (Phi) is 4.23. The molecular weight excluding hydrogens is 246 g/mol. The minimum absolute atomic E-state index is 0.0166. The highest BCUT2D eigenvalue weighted by Crippen LogP contribution is 2.32. The van der Waals surface area contributed by atoms with Gasteiger partial charge in [0.05, 0.1) is 17.2 Å². The summed E-state index contributed by atoms with van der Waals surface area (Å²) in [6, 6.07) is 4.89. The Morgan fingerprint density at radius 3 is 2.62 bits per heavy atom. The third-order valence-electron chi connectivity index (χ3n) is 2.01. The zero-order valence-electron chi connectivity index (χ0n) is 9.17. The molecule has 1 aromatic carbocycles. The molecule has 0 aliphatic heterocycles. The quantitative estimate of drug-likeness (QED) is 0.627. The van der Waals surface area contributed by atoms with Crippen LogP contribution in [0.3, 0.4) is 0 Å². The normalized spacial score (nSPS) is 13.7. The van der Waals surface area contributed by atoms with Crippen LogP contribution < -0.4 is 5.73 Å². The Bertz CT molecular complexity index is 471. The molecule has 16 heavy (non-hydrogen) atoms. The van der Waals surface area contributed by atoms with Gasteiger partial charge in [-0.1, -0.05) is 13.0 Å². The molecule has 0 saturated carbocycles. The molecule has 0 spiro atoms. The van der Waals surface area contributed by atoms with Crippen LogP contribution >= 0.6 is 11.8 Å². The first-order chi connectivity index (χ1) is 7.36. The van der Waals surface area contributed by atoms with E-state index in [1.807, 2.05) is 6.92 Å². The monoisotopic (exact) mass is 261 g/mol. The van der Waals surface area contributed by atoms with Gasteiger partial charge in [0.2, 0.25) is 0 Å². The predicted octanol–water partition coefficient (Wildman–Crippen LogP) is 1.15. The smallest absolute Gasteiger partial charge is 0.177 e. The Morgan fingerprint density at radius 1 is 1.50 bits per heavy atom. The molecule has 0 amide bonds. The van der Waals surface area contributed by atoms with Crippen LogP contribution in [0, 0.1) is 0 Å². The second-order valence-electron chi connectivity index (χ2n) is 3.55.